The molecule has 0 aliphatic carbocycles. The van der Waals surface area contributed by atoms with Gasteiger partial charge in [0, 0.05) is 24.9 Å². The van der Waals surface area contributed by atoms with Crippen LogP contribution in [0.25, 0.3) is 0 Å². The average molecular weight is 221 g/mol. The molecule has 4 heteroatoms. The fraction of sp³-hybridized carbons (Fsp3) is 0.667. The fourth-order valence-corrected chi connectivity index (χ4v) is 2.28. The minimum Gasteiger partial charge on any atom is -0.344 e. The van der Waals surface area contributed by atoms with Gasteiger partial charge in [-0.3, -0.25) is 4.79 Å². The first-order valence-electron chi connectivity index (χ1n) is 6.09. The van der Waals surface area contributed by atoms with Gasteiger partial charge in [-0.05, 0) is 19.3 Å². The minimum absolute atomic E-state index is 0.174. The van der Waals surface area contributed by atoms with Crippen LogP contribution in [0.1, 0.15) is 50.7 Å². The number of nitrogens with one attached hydrogen (secondary N) is 1. The Hall–Kier alpha value is -1.32. The zero-order valence-corrected chi connectivity index (χ0v) is 9.99. The molecule has 0 unspecified atom stereocenters. The summed E-state index contributed by atoms with van der Waals surface area (Å²) in [6, 6.07) is 0.174. The Morgan fingerprint density at radius 2 is 2.44 bits per heavy atom. The van der Waals surface area contributed by atoms with E-state index in [-0.39, 0.29) is 11.9 Å². The van der Waals surface area contributed by atoms with Crippen LogP contribution in [-0.2, 0) is 11.2 Å². The Labute approximate surface area is 96.1 Å². The number of hydrogen-bond acceptors (Lipinski definition) is 2. The maximum absolute atomic E-state index is 11.8. The largest absolute Gasteiger partial charge is 0.344 e. The number of aromatic nitrogens is 2. The molecule has 1 fully saturated rings. The maximum Gasteiger partial charge on any atom is 0.222 e. The van der Waals surface area contributed by atoms with Crippen molar-refractivity contribution in [2.24, 2.45) is 0 Å². The highest BCUT2D eigenvalue weighted by atomic mass is 16.2. The van der Waals surface area contributed by atoms with E-state index in [1.807, 2.05) is 18.0 Å². The first-order valence-corrected chi connectivity index (χ1v) is 6.09. The second kappa shape index (κ2) is 4.68. The topological polar surface area (TPSA) is 49.0 Å². The second-order valence-electron chi connectivity index (χ2n) is 4.25. The van der Waals surface area contributed by atoms with Crippen LogP contribution < -0.4 is 0 Å². The van der Waals surface area contributed by atoms with Crippen molar-refractivity contribution >= 4 is 5.91 Å². The Bertz CT molecular complexity index is 372. The highest BCUT2D eigenvalue weighted by Gasteiger charge is 2.30. The molecule has 1 amide bonds. The van der Waals surface area contributed by atoms with E-state index in [1.54, 1.807) is 0 Å². The lowest BCUT2D eigenvalue weighted by Gasteiger charge is -2.22. The van der Waals surface area contributed by atoms with Crippen LogP contribution in [-0.4, -0.2) is 27.3 Å². The van der Waals surface area contributed by atoms with E-state index in [2.05, 4.69) is 16.9 Å². The van der Waals surface area contributed by atoms with E-state index in [4.69, 9.17) is 0 Å². The third-order valence-electron chi connectivity index (χ3n) is 3.22. The number of amides is 1. The van der Waals surface area contributed by atoms with Crippen LogP contribution in [0.4, 0.5) is 0 Å². The molecule has 1 aliphatic heterocycles. The van der Waals surface area contributed by atoms with Crippen molar-refractivity contribution < 1.29 is 4.79 Å². The van der Waals surface area contributed by atoms with Crippen LogP contribution in [0.2, 0.25) is 0 Å². The Morgan fingerprint density at radius 1 is 1.62 bits per heavy atom. The summed E-state index contributed by atoms with van der Waals surface area (Å²) in [6.07, 6.45) is 5.53. The molecular weight excluding hydrogens is 202 g/mol. The molecule has 2 rings (SSSR count). The van der Waals surface area contributed by atoms with E-state index >= 15 is 0 Å². The first kappa shape index (κ1) is 11.2. The normalized spacial score (nSPS) is 20.4. The van der Waals surface area contributed by atoms with E-state index < -0.39 is 0 Å². The van der Waals surface area contributed by atoms with Gasteiger partial charge in [-0.1, -0.05) is 13.8 Å². The monoisotopic (exact) mass is 221 g/mol. The Morgan fingerprint density at radius 3 is 3.06 bits per heavy atom. The third-order valence-corrected chi connectivity index (χ3v) is 3.22. The number of H-pyrrole nitrogens is 1. The van der Waals surface area contributed by atoms with Crippen LogP contribution in [0.5, 0.6) is 0 Å². The fourth-order valence-electron chi connectivity index (χ4n) is 2.28. The van der Waals surface area contributed by atoms with E-state index in [9.17, 15) is 4.79 Å². The number of carbonyl (C=O) groups excluding carboxylic acids is 1. The lowest BCUT2D eigenvalue weighted by atomic mass is 10.2. The van der Waals surface area contributed by atoms with Gasteiger partial charge >= 0.3 is 0 Å². The van der Waals surface area contributed by atoms with Crippen LogP contribution in [0.3, 0.4) is 0 Å². The van der Waals surface area contributed by atoms with Crippen molar-refractivity contribution in [3.63, 3.8) is 0 Å². The van der Waals surface area contributed by atoms with Gasteiger partial charge in [-0.15, -0.1) is 0 Å². The van der Waals surface area contributed by atoms with Gasteiger partial charge in [-0.25, -0.2) is 4.98 Å². The molecule has 0 bridgehead atoms. The lowest BCUT2D eigenvalue weighted by molar-refractivity contribution is -0.131. The lowest BCUT2D eigenvalue weighted by Crippen LogP contribution is -2.30. The SMILES string of the molecule is CCC(=O)N1CCC[C@H]1c1ncc(CC)[nH]1. The summed E-state index contributed by atoms with van der Waals surface area (Å²) in [4.78, 5) is 21.4. The molecule has 1 saturated heterocycles. The summed E-state index contributed by atoms with van der Waals surface area (Å²) < 4.78 is 0. The van der Waals surface area contributed by atoms with Gasteiger partial charge in [0.25, 0.3) is 0 Å². The van der Waals surface area contributed by atoms with Crippen LogP contribution >= 0.6 is 0 Å². The Kier molecular flexibility index (Phi) is 3.27. The minimum atomic E-state index is 0.174. The molecule has 2 heterocycles. The number of imidazole rings is 1. The number of rotatable bonds is 3. The van der Waals surface area contributed by atoms with E-state index in [1.165, 1.54) is 0 Å². The summed E-state index contributed by atoms with van der Waals surface area (Å²) in [5, 5.41) is 0. The molecule has 1 aliphatic rings. The predicted octanol–water partition coefficient (Wildman–Crippen LogP) is 2.05. The summed E-state index contributed by atoms with van der Waals surface area (Å²) in [7, 11) is 0. The molecular formula is C12H19N3O. The molecule has 88 valence electrons. The zero-order valence-electron chi connectivity index (χ0n) is 9.99. The molecule has 0 aromatic carbocycles. The van der Waals surface area contributed by atoms with E-state index in [0.29, 0.717) is 6.42 Å². The molecule has 0 radical (unpaired) electrons. The molecule has 0 saturated carbocycles. The van der Waals surface area contributed by atoms with Gasteiger partial charge in [0.05, 0.1) is 6.04 Å². The van der Waals surface area contributed by atoms with Gasteiger partial charge in [0.2, 0.25) is 5.91 Å². The van der Waals surface area contributed by atoms with Gasteiger partial charge in [0.15, 0.2) is 0 Å². The number of hydrogen-bond donors (Lipinski definition) is 1. The molecule has 0 spiro atoms. The van der Waals surface area contributed by atoms with Gasteiger partial charge in [0.1, 0.15) is 5.82 Å². The predicted molar refractivity (Wildman–Crippen MR) is 61.9 cm³/mol. The first-order chi connectivity index (χ1) is 7.76. The average Bonchev–Trinajstić information content (AvgIpc) is 2.95. The van der Waals surface area contributed by atoms with Crippen LogP contribution in [0.15, 0.2) is 6.20 Å². The quantitative estimate of drug-likeness (QED) is 0.849. The number of nitrogens with zero attached hydrogens (tertiary/aromatic N) is 2. The highest BCUT2D eigenvalue weighted by Crippen LogP contribution is 2.30. The molecule has 1 aromatic heterocycles. The zero-order chi connectivity index (χ0) is 11.5. The molecule has 16 heavy (non-hydrogen) atoms. The molecule has 4 nitrogen and oxygen atoms in total. The molecule has 1 aromatic rings. The van der Waals surface area contributed by atoms with Crippen LogP contribution in [0, 0.1) is 0 Å². The van der Waals surface area contributed by atoms with Crippen molar-refractivity contribution in [2.75, 3.05) is 6.54 Å². The number of aromatic amines is 1. The molecule has 1 N–H and O–H groups in total. The summed E-state index contributed by atoms with van der Waals surface area (Å²) in [5.74, 6) is 1.19. The highest BCUT2D eigenvalue weighted by molar-refractivity contribution is 5.76. The smallest absolute Gasteiger partial charge is 0.222 e. The second-order valence-corrected chi connectivity index (χ2v) is 4.25. The van der Waals surface area contributed by atoms with E-state index in [0.717, 1.165) is 37.3 Å². The standard InChI is InChI=1S/C12H19N3O/c1-3-9-8-13-12(14-9)10-6-5-7-15(10)11(16)4-2/h8,10H,3-7H2,1-2H3,(H,13,14)/t10-/m0/s1. The summed E-state index contributed by atoms with van der Waals surface area (Å²) in [5.41, 5.74) is 1.14. The Balaban J connectivity index is 2.16. The third kappa shape index (κ3) is 1.96. The summed E-state index contributed by atoms with van der Waals surface area (Å²) in [6.45, 7) is 4.89. The van der Waals surface area contributed by atoms with Gasteiger partial charge < -0.3 is 9.88 Å². The maximum atomic E-state index is 11.8. The van der Waals surface area contributed by atoms with Crippen molar-refractivity contribution in [1.29, 1.82) is 0 Å². The number of likely N-dealkylation sites (tertiary alicyclic amines) is 1. The van der Waals surface area contributed by atoms with Crippen molar-refractivity contribution in [1.82, 2.24) is 14.9 Å². The van der Waals surface area contributed by atoms with Crippen molar-refractivity contribution in [2.45, 2.75) is 45.6 Å². The number of carbonyl (C=O) groups is 1. The summed E-state index contributed by atoms with van der Waals surface area (Å²) >= 11 is 0. The van der Waals surface area contributed by atoms with Gasteiger partial charge in [-0.2, -0.15) is 0 Å². The van der Waals surface area contributed by atoms with Crippen molar-refractivity contribution in [3.05, 3.63) is 17.7 Å². The molecule has 1 atom stereocenters. The number of aryl methyl sites for hydroxylation is 1. The van der Waals surface area contributed by atoms with Crippen molar-refractivity contribution in [3.8, 4) is 0 Å².